The average molecular weight is 364 g/mol. The van der Waals surface area contributed by atoms with Crippen LogP contribution >= 0.6 is 0 Å². The van der Waals surface area contributed by atoms with Crippen LogP contribution in [-0.4, -0.2) is 27.1 Å². The number of rotatable bonds is 6. The summed E-state index contributed by atoms with van der Waals surface area (Å²) < 4.78 is 11.1. The van der Waals surface area contributed by atoms with E-state index in [1.165, 1.54) is 12.8 Å². The van der Waals surface area contributed by atoms with Crippen molar-refractivity contribution < 1.29 is 14.1 Å². The Kier molecular flexibility index (Phi) is 5.09. The number of amides is 1. The fraction of sp³-hybridized carbons (Fsp3) is 0.300. The zero-order valence-corrected chi connectivity index (χ0v) is 14.8. The first-order valence-corrected chi connectivity index (χ1v) is 9.05. The molecule has 0 saturated heterocycles. The fourth-order valence-corrected chi connectivity index (χ4v) is 3.10. The maximum Gasteiger partial charge on any atom is 0.273 e. The minimum Gasteiger partial charge on any atom is -0.474 e. The van der Waals surface area contributed by atoms with Crippen LogP contribution in [0.25, 0.3) is 11.3 Å². The summed E-state index contributed by atoms with van der Waals surface area (Å²) in [6.45, 7) is 0.359. The van der Waals surface area contributed by atoms with Crippen molar-refractivity contribution in [2.75, 3.05) is 0 Å². The summed E-state index contributed by atoms with van der Waals surface area (Å²) in [5.41, 5.74) is 1.92. The van der Waals surface area contributed by atoms with Crippen molar-refractivity contribution in [3.05, 3.63) is 60.2 Å². The number of carbonyl (C=O) groups excluding carboxylic acids is 1. The van der Waals surface area contributed by atoms with E-state index in [0.717, 1.165) is 24.0 Å². The maximum atomic E-state index is 12.3. The minimum atomic E-state index is -0.302. The second-order valence-corrected chi connectivity index (χ2v) is 6.53. The molecular weight excluding hydrogens is 344 g/mol. The van der Waals surface area contributed by atoms with Gasteiger partial charge in [-0.3, -0.25) is 9.78 Å². The van der Waals surface area contributed by atoms with Crippen molar-refractivity contribution in [3.63, 3.8) is 0 Å². The topological polar surface area (TPSA) is 90.1 Å². The summed E-state index contributed by atoms with van der Waals surface area (Å²) in [7, 11) is 0. The molecule has 1 fully saturated rings. The third-order valence-electron chi connectivity index (χ3n) is 4.53. The second-order valence-electron chi connectivity index (χ2n) is 6.53. The van der Waals surface area contributed by atoms with Gasteiger partial charge in [0.2, 0.25) is 5.88 Å². The molecule has 0 spiro atoms. The zero-order chi connectivity index (χ0) is 18.5. The third kappa shape index (κ3) is 4.31. The molecule has 1 N–H and O–H groups in total. The van der Waals surface area contributed by atoms with Gasteiger partial charge in [0.1, 0.15) is 6.10 Å². The second kappa shape index (κ2) is 7.99. The van der Waals surface area contributed by atoms with Crippen LogP contribution in [-0.2, 0) is 6.54 Å². The van der Waals surface area contributed by atoms with E-state index < -0.39 is 0 Å². The molecule has 1 aliphatic carbocycles. The lowest BCUT2D eigenvalue weighted by Crippen LogP contribution is -2.23. The van der Waals surface area contributed by atoms with E-state index in [1.807, 2.05) is 18.2 Å². The summed E-state index contributed by atoms with van der Waals surface area (Å²) in [5, 5.41) is 6.68. The first kappa shape index (κ1) is 17.2. The van der Waals surface area contributed by atoms with Crippen molar-refractivity contribution in [3.8, 4) is 17.2 Å². The molecule has 1 amide bonds. The summed E-state index contributed by atoms with van der Waals surface area (Å²) in [5.74, 6) is 0.808. The van der Waals surface area contributed by atoms with Gasteiger partial charge in [0.05, 0.1) is 0 Å². The maximum absolute atomic E-state index is 12.3. The lowest BCUT2D eigenvalue weighted by Gasteiger charge is -2.12. The van der Waals surface area contributed by atoms with Gasteiger partial charge in [-0.2, -0.15) is 0 Å². The first-order valence-electron chi connectivity index (χ1n) is 9.05. The van der Waals surface area contributed by atoms with Gasteiger partial charge < -0.3 is 14.6 Å². The van der Waals surface area contributed by atoms with Crippen LogP contribution in [0, 0.1) is 0 Å². The fourth-order valence-electron chi connectivity index (χ4n) is 3.10. The molecule has 7 heteroatoms. The molecular formula is C20H20N4O3. The number of nitrogens with zero attached hydrogens (tertiary/aromatic N) is 3. The zero-order valence-electron chi connectivity index (χ0n) is 14.8. The van der Waals surface area contributed by atoms with Crippen LogP contribution in [0.5, 0.6) is 5.88 Å². The SMILES string of the molecule is O=C(NCc1ccnc(OC2CCCC2)c1)c1cc(-c2cccnc2)on1. The van der Waals surface area contributed by atoms with Gasteiger partial charge in [-0.25, -0.2) is 4.98 Å². The smallest absolute Gasteiger partial charge is 0.273 e. The Morgan fingerprint density at radius 1 is 1.22 bits per heavy atom. The molecule has 138 valence electrons. The molecule has 1 saturated carbocycles. The van der Waals surface area contributed by atoms with Crippen molar-refractivity contribution in [1.82, 2.24) is 20.4 Å². The van der Waals surface area contributed by atoms with Gasteiger partial charge in [-0.05, 0) is 49.4 Å². The van der Waals surface area contributed by atoms with Crippen molar-refractivity contribution in [2.24, 2.45) is 0 Å². The molecule has 7 nitrogen and oxygen atoms in total. The predicted molar refractivity (Wildman–Crippen MR) is 98.0 cm³/mol. The Labute approximate surface area is 156 Å². The van der Waals surface area contributed by atoms with Crippen molar-refractivity contribution in [1.29, 1.82) is 0 Å². The summed E-state index contributed by atoms with van der Waals surface area (Å²) in [6.07, 6.45) is 9.85. The largest absolute Gasteiger partial charge is 0.474 e. The summed E-state index contributed by atoms with van der Waals surface area (Å²) >= 11 is 0. The molecule has 4 rings (SSSR count). The Morgan fingerprint density at radius 2 is 2.11 bits per heavy atom. The van der Waals surface area contributed by atoms with Crippen LogP contribution in [0.2, 0.25) is 0 Å². The summed E-state index contributed by atoms with van der Waals surface area (Å²) in [6, 6.07) is 8.96. The van der Waals surface area contributed by atoms with Gasteiger partial charge in [0, 0.05) is 42.8 Å². The highest BCUT2D eigenvalue weighted by Crippen LogP contribution is 2.23. The highest BCUT2D eigenvalue weighted by molar-refractivity contribution is 5.93. The predicted octanol–water partition coefficient (Wildman–Crippen LogP) is 3.38. The number of hydrogen-bond acceptors (Lipinski definition) is 6. The Balaban J connectivity index is 1.36. The molecule has 3 aromatic rings. The Morgan fingerprint density at radius 3 is 2.93 bits per heavy atom. The normalized spacial score (nSPS) is 14.2. The monoisotopic (exact) mass is 364 g/mol. The van der Waals surface area contributed by atoms with Crippen LogP contribution < -0.4 is 10.1 Å². The molecule has 0 bridgehead atoms. The molecule has 1 aliphatic rings. The minimum absolute atomic E-state index is 0.227. The van der Waals surface area contributed by atoms with E-state index in [9.17, 15) is 4.79 Å². The summed E-state index contributed by atoms with van der Waals surface area (Å²) in [4.78, 5) is 20.6. The van der Waals surface area contributed by atoms with Gasteiger partial charge >= 0.3 is 0 Å². The van der Waals surface area contributed by atoms with Crippen LogP contribution in [0.4, 0.5) is 0 Å². The van der Waals surface area contributed by atoms with Crippen molar-refractivity contribution >= 4 is 5.91 Å². The van der Waals surface area contributed by atoms with Crippen LogP contribution in [0.15, 0.2) is 53.4 Å². The number of carbonyl (C=O) groups is 1. The molecule has 3 heterocycles. The van der Waals surface area contributed by atoms with E-state index >= 15 is 0 Å². The van der Waals surface area contributed by atoms with Gasteiger partial charge in [0.25, 0.3) is 5.91 Å². The van der Waals surface area contributed by atoms with Gasteiger partial charge in [-0.15, -0.1) is 0 Å². The Hall–Kier alpha value is -3.22. The van der Waals surface area contributed by atoms with Crippen LogP contribution in [0.1, 0.15) is 41.7 Å². The van der Waals surface area contributed by atoms with E-state index in [4.69, 9.17) is 9.26 Å². The number of ether oxygens (including phenoxy) is 1. The van der Waals surface area contributed by atoms with E-state index in [-0.39, 0.29) is 17.7 Å². The van der Waals surface area contributed by atoms with Crippen molar-refractivity contribution in [2.45, 2.75) is 38.3 Å². The van der Waals surface area contributed by atoms with Crippen LogP contribution in [0.3, 0.4) is 0 Å². The highest BCUT2D eigenvalue weighted by atomic mass is 16.5. The lowest BCUT2D eigenvalue weighted by molar-refractivity contribution is 0.0941. The van der Waals surface area contributed by atoms with E-state index in [0.29, 0.717) is 18.2 Å². The molecule has 0 aliphatic heterocycles. The molecule has 3 aromatic heterocycles. The van der Waals surface area contributed by atoms with E-state index in [1.54, 1.807) is 30.7 Å². The molecule has 0 unspecified atom stereocenters. The quantitative estimate of drug-likeness (QED) is 0.721. The first-order chi connectivity index (χ1) is 13.3. The molecule has 0 aromatic carbocycles. The van der Waals surface area contributed by atoms with Gasteiger partial charge in [0.15, 0.2) is 11.5 Å². The Bertz CT molecular complexity index is 904. The van der Waals surface area contributed by atoms with E-state index in [2.05, 4.69) is 20.4 Å². The number of pyridine rings is 2. The number of hydrogen-bond donors (Lipinski definition) is 1. The molecule has 0 atom stereocenters. The van der Waals surface area contributed by atoms with Gasteiger partial charge in [-0.1, -0.05) is 5.16 Å². The average Bonchev–Trinajstić information content (AvgIpc) is 3.39. The highest BCUT2D eigenvalue weighted by Gasteiger charge is 2.17. The standard InChI is InChI=1S/C20H20N4O3/c25-20(17-11-18(27-24-17)15-4-3-8-21-13-15)23-12-14-7-9-22-19(10-14)26-16-5-1-2-6-16/h3-4,7-11,13,16H,1-2,5-6,12H2,(H,23,25). The molecule has 27 heavy (non-hydrogen) atoms. The molecule has 0 radical (unpaired) electrons. The third-order valence-corrected chi connectivity index (χ3v) is 4.53. The number of aromatic nitrogens is 3. The lowest BCUT2D eigenvalue weighted by atomic mass is 10.2. The number of nitrogens with one attached hydrogen (secondary N) is 1.